The molecule has 2 rings (SSSR count). The van der Waals surface area contributed by atoms with Crippen LogP contribution in [0.3, 0.4) is 0 Å². The molecule has 0 aliphatic rings. The smallest absolute Gasteiger partial charge is 0.410 e. The molecule has 7 nitrogen and oxygen atoms in total. The average Bonchev–Trinajstić information content (AvgIpc) is 2.63. The van der Waals surface area contributed by atoms with E-state index in [9.17, 15) is 9.59 Å². The number of nitrogens with zero attached hydrogens (tertiary/aromatic N) is 2. The molecule has 0 spiro atoms. The van der Waals surface area contributed by atoms with Crippen LogP contribution in [-0.2, 0) is 0 Å². The van der Waals surface area contributed by atoms with E-state index >= 15 is 0 Å². The maximum Gasteiger partial charge on any atom is 0.419 e. The van der Waals surface area contributed by atoms with Crippen LogP contribution in [0.2, 0.25) is 0 Å². The highest BCUT2D eigenvalue weighted by molar-refractivity contribution is 5.90. The van der Waals surface area contributed by atoms with Gasteiger partial charge >= 0.3 is 12.1 Å². The summed E-state index contributed by atoms with van der Waals surface area (Å²) in [6.45, 7) is 0.218. The number of para-hydroxylation sites is 1. The second-order valence-electron chi connectivity index (χ2n) is 5.00. The summed E-state index contributed by atoms with van der Waals surface area (Å²) in [6.07, 6.45) is -0.416. The highest BCUT2D eigenvalue weighted by atomic mass is 16.6. The SMILES string of the molecule is CNC(=O)Nc1cccc(OC(=O)N(CCC#N)c2ccccc2)c1. The van der Waals surface area contributed by atoms with Crippen molar-refractivity contribution in [3.8, 4) is 11.8 Å². The molecule has 0 aromatic heterocycles. The number of rotatable bonds is 5. The fraction of sp³-hybridized carbons (Fsp3) is 0.167. The van der Waals surface area contributed by atoms with Crippen molar-refractivity contribution in [3.05, 3.63) is 54.6 Å². The van der Waals surface area contributed by atoms with Crippen molar-refractivity contribution in [1.82, 2.24) is 5.32 Å². The second kappa shape index (κ2) is 8.93. The van der Waals surface area contributed by atoms with E-state index in [1.165, 1.54) is 11.9 Å². The van der Waals surface area contributed by atoms with Gasteiger partial charge in [-0.15, -0.1) is 0 Å². The van der Waals surface area contributed by atoms with E-state index in [1.807, 2.05) is 12.1 Å². The Kier molecular flexibility index (Phi) is 6.37. The molecule has 0 aliphatic heterocycles. The van der Waals surface area contributed by atoms with Crippen molar-refractivity contribution >= 4 is 23.5 Å². The largest absolute Gasteiger partial charge is 0.419 e. The van der Waals surface area contributed by atoms with Gasteiger partial charge in [0.25, 0.3) is 0 Å². The number of ether oxygens (including phenoxy) is 1. The molecule has 0 fully saturated rings. The van der Waals surface area contributed by atoms with Crippen LogP contribution in [0.15, 0.2) is 54.6 Å². The van der Waals surface area contributed by atoms with Gasteiger partial charge in [-0.1, -0.05) is 24.3 Å². The molecule has 2 aromatic rings. The molecule has 0 heterocycles. The van der Waals surface area contributed by atoms with Crippen LogP contribution in [-0.4, -0.2) is 25.7 Å². The van der Waals surface area contributed by atoms with Gasteiger partial charge in [0.2, 0.25) is 0 Å². The molecular weight excluding hydrogens is 320 g/mol. The Hall–Kier alpha value is -3.53. The van der Waals surface area contributed by atoms with Crippen LogP contribution in [0.5, 0.6) is 5.75 Å². The minimum atomic E-state index is -0.599. The number of benzene rings is 2. The molecule has 0 saturated carbocycles. The van der Waals surface area contributed by atoms with Crippen LogP contribution in [0.4, 0.5) is 21.0 Å². The average molecular weight is 338 g/mol. The molecule has 0 aliphatic carbocycles. The fourth-order valence-electron chi connectivity index (χ4n) is 2.08. The number of urea groups is 1. The lowest BCUT2D eigenvalue weighted by Crippen LogP contribution is -2.34. The third kappa shape index (κ3) is 5.25. The second-order valence-corrected chi connectivity index (χ2v) is 5.00. The topological polar surface area (TPSA) is 94.5 Å². The van der Waals surface area contributed by atoms with Crippen LogP contribution in [0.1, 0.15) is 6.42 Å². The molecular formula is C18H18N4O3. The maximum atomic E-state index is 12.5. The van der Waals surface area contributed by atoms with Crippen LogP contribution < -0.4 is 20.3 Å². The van der Waals surface area contributed by atoms with Gasteiger partial charge in [0.05, 0.1) is 12.5 Å². The lowest BCUT2D eigenvalue weighted by atomic mass is 10.3. The van der Waals surface area contributed by atoms with Gasteiger partial charge in [0.1, 0.15) is 5.75 Å². The van der Waals surface area contributed by atoms with Crippen LogP contribution >= 0.6 is 0 Å². The molecule has 0 atom stereocenters. The third-order valence-electron chi connectivity index (χ3n) is 3.26. The van der Waals surface area contributed by atoms with Crippen molar-refractivity contribution < 1.29 is 14.3 Å². The molecule has 2 aromatic carbocycles. The first-order valence-corrected chi connectivity index (χ1v) is 7.64. The molecule has 0 saturated heterocycles. The first-order chi connectivity index (χ1) is 12.1. The van der Waals surface area contributed by atoms with Gasteiger partial charge in [-0.05, 0) is 24.3 Å². The van der Waals surface area contributed by atoms with Crippen LogP contribution in [0, 0.1) is 11.3 Å². The summed E-state index contributed by atoms with van der Waals surface area (Å²) in [7, 11) is 1.51. The Morgan fingerprint density at radius 1 is 1.16 bits per heavy atom. The number of amides is 3. The van der Waals surface area contributed by atoms with Crippen molar-refractivity contribution in [2.75, 3.05) is 23.8 Å². The minimum absolute atomic E-state index is 0.183. The number of nitrogens with one attached hydrogen (secondary N) is 2. The zero-order valence-corrected chi connectivity index (χ0v) is 13.7. The van der Waals surface area contributed by atoms with Gasteiger partial charge < -0.3 is 15.4 Å². The third-order valence-corrected chi connectivity index (χ3v) is 3.26. The molecule has 0 bridgehead atoms. The monoisotopic (exact) mass is 338 g/mol. The Morgan fingerprint density at radius 3 is 2.60 bits per heavy atom. The predicted octanol–water partition coefficient (Wildman–Crippen LogP) is 3.36. The molecule has 0 unspecified atom stereocenters. The number of carbonyl (C=O) groups is 2. The molecule has 0 radical (unpaired) electrons. The summed E-state index contributed by atoms with van der Waals surface area (Å²) in [5.74, 6) is 0.289. The predicted molar refractivity (Wildman–Crippen MR) is 94.6 cm³/mol. The standard InChI is InChI=1S/C18H18N4O3/c1-20-17(23)21-14-7-5-10-16(13-14)25-18(24)22(12-6-11-19)15-8-3-2-4-9-15/h2-5,7-10,13H,6,12H2,1H3,(H2,20,21,23). The Labute approximate surface area is 145 Å². The van der Waals surface area contributed by atoms with Gasteiger partial charge in [0.15, 0.2) is 0 Å². The first-order valence-electron chi connectivity index (χ1n) is 7.64. The fourth-order valence-corrected chi connectivity index (χ4v) is 2.08. The summed E-state index contributed by atoms with van der Waals surface area (Å²) in [5.41, 5.74) is 1.13. The van der Waals surface area contributed by atoms with E-state index in [0.717, 1.165) is 0 Å². The van der Waals surface area contributed by atoms with E-state index in [2.05, 4.69) is 10.6 Å². The normalized spacial score (nSPS) is 9.60. The zero-order valence-electron chi connectivity index (χ0n) is 13.7. The van der Waals surface area contributed by atoms with Crippen molar-refractivity contribution in [3.63, 3.8) is 0 Å². The Bertz CT molecular complexity index is 771. The zero-order chi connectivity index (χ0) is 18.1. The molecule has 2 N–H and O–H groups in total. The molecule has 7 heteroatoms. The highest BCUT2D eigenvalue weighted by Gasteiger charge is 2.17. The van der Waals surface area contributed by atoms with Gasteiger partial charge in [0, 0.05) is 31.0 Å². The summed E-state index contributed by atoms with van der Waals surface area (Å²) in [6, 6.07) is 17.1. The number of nitriles is 1. The van der Waals surface area contributed by atoms with Gasteiger partial charge in [-0.3, -0.25) is 4.90 Å². The Morgan fingerprint density at radius 2 is 1.92 bits per heavy atom. The maximum absolute atomic E-state index is 12.5. The molecule has 128 valence electrons. The number of carbonyl (C=O) groups excluding carboxylic acids is 2. The summed E-state index contributed by atoms with van der Waals surface area (Å²) in [4.78, 5) is 25.3. The van der Waals surface area contributed by atoms with Gasteiger partial charge in [-0.2, -0.15) is 5.26 Å². The highest BCUT2D eigenvalue weighted by Crippen LogP contribution is 2.20. The summed E-state index contributed by atoms with van der Waals surface area (Å²) in [5, 5.41) is 13.8. The van der Waals surface area contributed by atoms with E-state index in [0.29, 0.717) is 11.4 Å². The number of hydrogen-bond acceptors (Lipinski definition) is 4. The van der Waals surface area contributed by atoms with Gasteiger partial charge in [-0.25, -0.2) is 9.59 Å². The van der Waals surface area contributed by atoms with Crippen LogP contribution in [0.25, 0.3) is 0 Å². The summed E-state index contributed by atoms with van der Waals surface area (Å²) >= 11 is 0. The van der Waals surface area contributed by atoms with E-state index < -0.39 is 6.09 Å². The van der Waals surface area contributed by atoms with Crippen molar-refractivity contribution in [1.29, 1.82) is 5.26 Å². The lowest BCUT2D eigenvalue weighted by Gasteiger charge is -2.21. The van der Waals surface area contributed by atoms with E-state index in [4.69, 9.17) is 10.00 Å². The van der Waals surface area contributed by atoms with Crippen molar-refractivity contribution in [2.45, 2.75) is 6.42 Å². The van der Waals surface area contributed by atoms with E-state index in [-0.39, 0.29) is 24.7 Å². The quantitative estimate of drug-likeness (QED) is 0.874. The minimum Gasteiger partial charge on any atom is -0.410 e. The van der Waals surface area contributed by atoms with E-state index in [1.54, 1.807) is 48.5 Å². The number of hydrogen-bond donors (Lipinski definition) is 2. The molecule has 25 heavy (non-hydrogen) atoms. The first kappa shape index (κ1) is 17.8. The lowest BCUT2D eigenvalue weighted by molar-refractivity contribution is 0.207. The summed E-state index contributed by atoms with van der Waals surface area (Å²) < 4.78 is 5.39. The molecule has 3 amide bonds. The van der Waals surface area contributed by atoms with Crippen molar-refractivity contribution in [2.24, 2.45) is 0 Å². The number of anilines is 2. The Balaban J connectivity index is 2.14.